The topological polar surface area (TPSA) is 38.5 Å². The van der Waals surface area contributed by atoms with Crippen LogP contribution in [0, 0.1) is 0 Å². The molecule has 1 atom stereocenters. The Morgan fingerprint density at radius 1 is 1.29 bits per heavy atom. The number of rotatable bonds is 6. The van der Waals surface area contributed by atoms with Crippen molar-refractivity contribution in [3.05, 3.63) is 0 Å². The number of ether oxygens (including phenoxy) is 1. The number of hydrogen-bond donors (Lipinski definition) is 1. The monoisotopic (exact) mass is 242 g/mol. The van der Waals surface area contributed by atoms with Gasteiger partial charge in [-0.05, 0) is 46.7 Å². The van der Waals surface area contributed by atoms with Gasteiger partial charge in [-0.1, -0.05) is 19.8 Å². The molecule has 1 heterocycles. The van der Waals surface area contributed by atoms with Gasteiger partial charge in [0.15, 0.2) is 0 Å². The molecule has 0 saturated carbocycles. The zero-order valence-electron chi connectivity index (χ0n) is 12.1. The quantitative estimate of drug-likeness (QED) is 0.727. The van der Waals surface area contributed by atoms with Crippen LogP contribution in [-0.2, 0) is 4.74 Å². The van der Waals surface area contributed by atoms with Gasteiger partial charge in [0.1, 0.15) is 0 Å². The van der Waals surface area contributed by atoms with E-state index >= 15 is 0 Å². The summed E-state index contributed by atoms with van der Waals surface area (Å²) in [5.74, 6) is 0. The first-order valence-electron chi connectivity index (χ1n) is 7.01. The maximum Gasteiger partial charge on any atom is 0.0644 e. The minimum absolute atomic E-state index is 0.0311. The maximum atomic E-state index is 6.07. The summed E-state index contributed by atoms with van der Waals surface area (Å²) >= 11 is 0. The molecule has 1 aliphatic rings. The molecule has 3 heteroatoms. The minimum Gasteiger partial charge on any atom is -0.375 e. The SMILES string of the molecule is CCCCCN(C)C1(CN)CCOC(C)(C)C1. The molecule has 0 aliphatic carbocycles. The maximum absolute atomic E-state index is 6.07. The molecule has 1 aliphatic heterocycles. The lowest BCUT2D eigenvalue weighted by Gasteiger charge is -2.49. The van der Waals surface area contributed by atoms with Crippen LogP contribution in [0.15, 0.2) is 0 Å². The molecule has 0 amide bonds. The number of nitrogens with two attached hydrogens (primary N) is 1. The predicted molar refractivity (Wildman–Crippen MR) is 73.2 cm³/mol. The summed E-state index contributed by atoms with van der Waals surface area (Å²) in [5, 5.41) is 0. The van der Waals surface area contributed by atoms with E-state index in [1.165, 1.54) is 19.3 Å². The van der Waals surface area contributed by atoms with E-state index in [1.807, 2.05) is 0 Å². The molecule has 0 aromatic rings. The van der Waals surface area contributed by atoms with E-state index in [2.05, 4.69) is 32.7 Å². The highest BCUT2D eigenvalue weighted by atomic mass is 16.5. The van der Waals surface area contributed by atoms with Gasteiger partial charge in [0, 0.05) is 18.7 Å². The molecule has 0 aromatic heterocycles. The van der Waals surface area contributed by atoms with Gasteiger partial charge in [-0.2, -0.15) is 0 Å². The summed E-state index contributed by atoms with van der Waals surface area (Å²) in [5.41, 5.74) is 6.18. The first-order valence-corrected chi connectivity index (χ1v) is 7.01. The third-order valence-corrected chi connectivity index (χ3v) is 4.10. The predicted octanol–water partition coefficient (Wildman–Crippen LogP) is 2.39. The largest absolute Gasteiger partial charge is 0.375 e. The Labute approximate surface area is 107 Å². The van der Waals surface area contributed by atoms with Crippen molar-refractivity contribution in [2.24, 2.45) is 5.73 Å². The highest BCUT2D eigenvalue weighted by Crippen LogP contribution is 2.35. The molecule has 1 saturated heterocycles. The number of nitrogens with zero attached hydrogens (tertiary/aromatic N) is 1. The molecule has 102 valence electrons. The van der Waals surface area contributed by atoms with Crippen molar-refractivity contribution < 1.29 is 4.74 Å². The summed E-state index contributed by atoms with van der Waals surface area (Å²) in [6.45, 7) is 9.33. The van der Waals surface area contributed by atoms with Gasteiger partial charge in [-0.3, -0.25) is 4.90 Å². The fourth-order valence-electron chi connectivity index (χ4n) is 2.94. The van der Waals surface area contributed by atoms with Crippen LogP contribution < -0.4 is 5.73 Å². The Balaban J connectivity index is 2.60. The molecule has 1 rings (SSSR count). The van der Waals surface area contributed by atoms with Crippen LogP contribution in [0.5, 0.6) is 0 Å². The molecule has 17 heavy (non-hydrogen) atoms. The molecule has 2 N–H and O–H groups in total. The van der Waals surface area contributed by atoms with Crippen LogP contribution in [0.1, 0.15) is 52.9 Å². The molecular weight excluding hydrogens is 212 g/mol. The van der Waals surface area contributed by atoms with E-state index in [0.29, 0.717) is 0 Å². The van der Waals surface area contributed by atoms with E-state index in [0.717, 1.165) is 32.5 Å². The van der Waals surface area contributed by atoms with Gasteiger partial charge < -0.3 is 10.5 Å². The van der Waals surface area contributed by atoms with Gasteiger partial charge >= 0.3 is 0 Å². The Bertz CT molecular complexity index is 230. The second kappa shape index (κ2) is 6.17. The third-order valence-electron chi connectivity index (χ3n) is 4.10. The average molecular weight is 242 g/mol. The molecule has 3 nitrogen and oxygen atoms in total. The van der Waals surface area contributed by atoms with E-state index in [9.17, 15) is 0 Å². The van der Waals surface area contributed by atoms with Gasteiger partial charge in [0.25, 0.3) is 0 Å². The Hall–Kier alpha value is -0.120. The van der Waals surface area contributed by atoms with Crippen LogP contribution in [0.4, 0.5) is 0 Å². The molecule has 0 spiro atoms. The smallest absolute Gasteiger partial charge is 0.0644 e. The van der Waals surface area contributed by atoms with Gasteiger partial charge in [0.2, 0.25) is 0 Å². The summed E-state index contributed by atoms with van der Waals surface area (Å²) in [4.78, 5) is 2.48. The average Bonchev–Trinajstić information content (AvgIpc) is 2.27. The Kier molecular flexibility index (Phi) is 5.42. The zero-order chi connectivity index (χ0) is 12.9. The molecule has 0 radical (unpaired) electrons. The minimum atomic E-state index is -0.0311. The number of unbranched alkanes of at least 4 members (excludes halogenated alkanes) is 2. The number of hydrogen-bond acceptors (Lipinski definition) is 3. The zero-order valence-corrected chi connectivity index (χ0v) is 12.1. The molecular formula is C14H30N2O. The van der Waals surface area contributed by atoms with Crippen LogP contribution >= 0.6 is 0 Å². The molecule has 0 bridgehead atoms. The van der Waals surface area contributed by atoms with Gasteiger partial charge in [-0.15, -0.1) is 0 Å². The lowest BCUT2D eigenvalue weighted by Crippen LogP contribution is -2.59. The van der Waals surface area contributed by atoms with Crippen molar-refractivity contribution >= 4 is 0 Å². The van der Waals surface area contributed by atoms with Crippen LogP contribution in [0.3, 0.4) is 0 Å². The summed E-state index contributed by atoms with van der Waals surface area (Å²) in [6, 6.07) is 0. The highest BCUT2D eigenvalue weighted by molar-refractivity contribution is 4.98. The third kappa shape index (κ3) is 3.94. The first-order chi connectivity index (χ1) is 7.96. The standard InChI is InChI=1S/C14H30N2O/c1-5-6-7-9-16(4)14(12-15)8-10-17-13(2,3)11-14/h5-12,15H2,1-4H3. The Morgan fingerprint density at radius 2 is 2.00 bits per heavy atom. The fraction of sp³-hybridized carbons (Fsp3) is 1.00. The number of likely N-dealkylation sites (N-methyl/N-ethyl adjacent to an activating group) is 1. The van der Waals surface area contributed by atoms with Gasteiger partial charge in [0.05, 0.1) is 5.60 Å². The van der Waals surface area contributed by atoms with Crippen LogP contribution in [0.2, 0.25) is 0 Å². The Morgan fingerprint density at radius 3 is 2.53 bits per heavy atom. The van der Waals surface area contributed by atoms with Crippen LogP contribution in [-0.4, -0.2) is 42.8 Å². The summed E-state index contributed by atoms with van der Waals surface area (Å²) in [7, 11) is 2.23. The van der Waals surface area contributed by atoms with Crippen molar-refractivity contribution in [1.82, 2.24) is 4.90 Å². The molecule has 0 aromatic carbocycles. The van der Waals surface area contributed by atoms with Gasteiger partial charge in [-0.25, -0.2) is 0 Å². The van der Waals surface area contributed by atoms with E-state index in [1.54, 1.807) is 0 Å². The normalized spacial score (nSPS) is 28.6. The van der Waals surface area contributed by atoms with Crippen LogP contribution in [0.25, 0.3) is 0 Å². The van der Waals surface area contributed by atoms with Crippen molar-refractivity contribution in [1.29, 1.82) is 0 Å². The summed E-state index contributed by atoms with van der Waals surface area (Å²) < 4.78 is 5.82. The fourth-order valence-corrected chi connectivity index (χ4v) is 2.94. The lowest BCUT2D eigenvalue weighted by atomic mass is 9.80. The van der Waals surface area contributed by atoms with E-state index in [-0.39, 0.29) is 11.1 Å². The second-order valence-electron chi connectivity index (χ2n) is 6.09. The lowest BCUT2D eigenvalue weighted by molar-refractivity contribution is -0.113. The summed E-state index contributed by atoms with van der Waals surface area (Å²) in [6.07, 6.45) is 5.97. The molecule has 1 unspecified atom stereocenters. The highest BCUT2D eigenvalue weighted by Gasteiger charge is 2.42. The van der Waals surface area contributed by atoms with Crippen molar-refractivity contribution in [3.8, 4) is 0 Å². The van der Waals surface area contributed by atoms with Crippen molar-refractivity contribution in [2.75, 3.05) is 26.7 Å². The van der Waals surface area contributed by atoms with E-state index < -0.39 is 0 Å². The van der Waals surface area contributed by atoms with Crippen molar-refractivity contribution in [3.63, 3.8) is 0 Å². The van der Waals surface area contributed by atoms with Crippen molar-refractivity contribution in [2.45, 2.75) is 64.0 Å². The molecule has 1 fully saturated rings. The van der Waals surface area contributed by atoms with E-state index in [4.69, 9.17) is 10.5 Å². The first kappa shape index (κ1) is 14.9. The second-order valence-corrected chi connectivity index (χ2v) is 6.09.